The predicted octanol–water partition coefficient (Wildman–Crippen LogP) is 2.89. The van der Waals surface area contributed by atoms with E-state index in [9.17, 15) is 8.42 Å². The molecule has 0 saturated carbocycles. The monoisotopic (exact) mass is 378 g/mol. The molecule has 3 rings (SSSR count). The van der Waals surface area contributed by atoms with Crippen molar-refractivity contribution in [2.45, 2.75) is 4.90 Å². The molecular weight excluding hydrogens is 369 g/mol. The van der Waals surface area contributed by atoms with Crippen LogP contribution in [0.5, 0.6) is 0 Å². The molecule has 2 heterocycles. The summed E-state index contributed by atoms with van der Waals surface area (Å²) < 4.78 is 27.7. The van der Waals surface area contributed by atoms with E-state index in [2.05, 4.69) is 15.8 Å². The van der Waals surface area contributed by atoms with E-state index in [1.807, 2.05) is 12.1 Å². The second-order valence-electron chi connectivity index (χ2n) is 3.82. The van der Waals surface area contributed by atoms with Crippen LogP contribution in [0.1, 0.15) is 0 Å². The van der Waals surface area contributed by atoms with E-state index < -0.39 is 10.0 Å². The zero-order chi connectivity index (χ0) is 13.3. The molecule has 1 N–H and O–H groups in total. The van der Waals surface area contributed by atoms with Gasteiger partial charge in [0.25, 0.3) is 10.0 Å². The summed E-state index contributed by atoms with van der Waals surface area (Å²) in [7, 11) is -3.56. The summed E-state index contributed by atoms with van der Waals surface area (Å²) in [5.74, 6) is 0. The quantitative estimate of drug-likeness (QED) is 0.713. The van der Waals surface area contributed by atoms with Crippen LogP contribution in [-0.2, 0) is 42.7 Å². The van der Waals surface area contributed by atoms with E-state index in [0.29, 0.717) is 10.5 Å². The maximum absolute atomic E-state index is 12.1. The number of sulfonamides is 1. The molecule has 0 fully saturated rings. The Morgan fingerprint density at radius 2 is 1.85 bits per heavy atom. The molecule has 0 amide bonds. The summed E-state index contributed by atoms with van der Waals surface area (Å²) >= 11 is 1.31. The van der Waals surface area contributed by atoms with Crippen LogP contribution in [0.15, 0.2) is 53.6 Å². The number of thiophene rings is 1. The first-order chi connectivity index (χ1) is 9.15. The third-order valence-corrected chi connectivity index (χ3v) is 4.95. The third kappa shape index (κ3) is 3.26. The van der Waals surface area contributed by atoms with E-state index in [-0.39, 0.29) is 37.6 Å². The molecule has 1 radical (unpaired) electrons. The van der Waals surface area contributed by atoms with Gasteiger partial charge in [-0.25, -0.2) is 19.8 Å². The fourth-order valence-electron chi connectivity index (χ4n) is 1.64. The molecule has 0 saturated heterocycles. The summed E-state index contributed by atoms with van der Waals surface area (Å²) in [5.41, 5.74) is 0.665. The van der Waals surface area contributed by atoms with Gasteiger partial charge in [0.1, 0.15) is 0 Å². The first-order valence-corrected chi connectivity index (χ1v) is 7.80. The number of hydrogen-bond donors (Lipinski definition) is 1. The van der Waals surface area contributed by atoms with Gasteiger partial charge in [-0.3, -0.25) is 9.71 Å². The number of nitrogens with one attached hydrogen (secondary N) is 1. The Hall–Kier alpha value is -0.816. The van der Waals surface area contributed by atoms with Crippen molar-refractivity contribution in [2.75, 3.05) is 4.72 Å². The van der Waals surface area contributed by atoms with Crippen LogP contribution < -0.4 is 4.72 Å². The molecule has 0 unspecified atom stereocenters. The van der Waals surface area contributed by atoms with Crippen LogP contribution >= 0.6 is 11.3 Å². The number of fused-ring (bicyclic) bond motifs is 1. The average molecular weight is 378 g/mol. The van der Waals surface area contributed by atoms with Crippen LogP contribution in [0.3, 0.4) is 0 Å². The Morgan fingerprint density at radius 1 is 1.10 bits per heavy atom. The summed E-state index contributed by atoms with van der Waals surface area (Å²) in [6, 6.07) is 14.9. The smallest absolute Gasteiger partial charge is 0.261 e. The third-order valence-electron chi connectivity index (χ3n) is 2.50. The maximum atomic E-state index is 12.1. The second-order valence-corrected chi connectivity index (χ2v) is 6.56. The number of hydrogen-bond acceptors (Lipinski definition) is 4. The molecule has 99 valence electrons. The van der Waals surface area contributed by atoms with E-state index in [1.165, 1.54) is 11.3 Å². The van der Waals surface area contributed by atoms with Crippen LogP contribution in [0, 0.1) is 6.07 Å². The maximum Gasteiger partial charge on any atom is 0.261 e. The second kappa shape index (κ2) is 6.30. The molecule has 0 aliphatic rings. The Labute approximate surface area is 146 Å². The van der Waals surface area contributed by atoms with E-state index >= 15 is 0 Å². The molecule has 4 nitrogen and oxygen atoms in total. The van der Waals surface area contributed by atoms with Gasteiger partial charge in [-0.05, 0) is 17.1 Å². The molecular formula is C13H9N2O2S2Y-. The van der Waals surface area contributed by atoms with Gasteiger partial charge in [0.05, 0.1) is 4.90 Å². The van der Waals surface area contributed by atoms with Gasteiger partial charge in [-0.2, -0.15) is 6.07 Å². The SMILES string of the molecule is O=S(=O)(Nc1[c-]c2ncccc2s1)c1ccccc1.[Y]. The summed E-state index contributed by atoms with van der Waals surface area (Å²) in [6.07, 6.45) is 1.65. The van der Waals surface area contributed by atoms with Gasteiger partial charge in [0.2, 0.25) is 0 Å². The fraction of sp³-hybridized carbons (Fsp3) is 0. The van der Waals surface area contributed by atoms with Crippen molar-refractivity contribution >= 4 is 36.6 Å². The predicted molar refractivity (Wildman–Crippen MR) is 75.7 cm³/mol. The number of nitrogens with zero attached hydrogens (tertiary/aromatic N) is 1. The van der Waals surface area contributed by atoms with Crippen molar-refractivity contribution in [3.8, 4) is 0 Å². The zero-order valence-electron chi connectivity index (χ0n) is 10.3. The van der Waals surface area contributed by atoms with E-state index in [4.69, 9.17) is 0 Å². The van der Waals surface area contributed by atoms with Crippen molar-refractivity contribution < 1.29 is 41.1 Å². The molecule has 0 atom stereocenters. The summed E-state index contributed by atoms with van der Waals surface area (Å²) in [4.78, 5) is 4.36. The fourth-order valence-corrected chi connectivity index (χ4v) is 3.78. The number of benzene rings is 1. The zero-order valence-corrected chi connectivity index (χ0v) is 14.7. The molecule has 3 aromatic rings. The molecule has 0 spiro atoms. The number of aromatic nitrogens is 1. The summed E-state index contributed by atoms with van der Waals surface area (Å²) in [6.45, 7) is 0. The Balaban J connectivity index is 0.00000147. The van der Waals surface area contributed by atoms with Gasteiger partial charge in [0, 0.05) is 38.9 Å². The van der Waals surface area contributed by atoms with Gasteiger partial charge >= 0.3 is 0 Å². The van der Waals surface area contributed by atoms with Crippen molar-refractivity contribution in [3.63, 3.8) is 0 Å². The summed E-state index contributed by atoms with van der Waals surface area (Å²) in [5, 5.41) is 0.442. The minimum atomic E-state index is -3.56. The molecule has 20 heavy (non-hydrogen) atoms. The van der Waals surface area contributed by atoms with Crippen molar-refractivity contribution in [1.29, 1.82) is 0 Å². The molecule has 0 aliphatic heterocycles. The van der Waals surface area contributed by atoms with E-state index in [0.717, 1.165) is 4.70 Å². The van der Waals surface area contributed by atoms with Crippen LogP contribution in [0.4, 0.5) is 5.00 Å². The standard InChI is InChI=1S/C13H9N2O2S2.Y/c16-19(17,10-5-2-1-3-6-10)15-13-9-11-12(18-13)7-4-8-14-11;/h1-8,15H;/q-1;. The number of rotatable bonds is 3. The van der Waals surface area contributed by atoms with Gasteiger partial charge in [0.15, 0.2) is 0 Å². The van der Waals surface area contributed by atoms with Gasteiger partial charge < -0.3 is 0 Å². The number of pyridine rings is 1. The molecule has 2 aromatic heterocycles. The first kappa shape index (κ1) is 15.6. The van der Waals surface area contributed by atoms with Crippen LogP contribution in [0.25, 0.3) is 10.2 Å². The van der Waals surface area contributed by atoms with Crippen LogP contribution in [0.2, 0.25) is 0 Å². The Bertz CT molecular complexity index is 784. The molecule has 0 aliphatic carbocycles. The van der Waals surface area contributed by atoms with Crippen molar-refractivity contribution in [2.24, 2.45) is 0 Å². The molecule has 0 bridgehead atoms. The van der Waals surface area contributed by atoms with E-state index in [1.54, 1.807) is 36.5 Å². The largest absolute Gasteiger partial charge is 0.295 e. The Kier molecular flexibility index (Phi) is 4.91. The molecule has 1 aromatic carbocycles. The molecule has 7 heteroatoms. The first-order valence-electron chi connectivity index (χ1n) is 5.50. The normalized spacial score (nSPS) is 11.0. The van der Waals surface area contributed by atoms with Crippen LogP contribution in [-0.4, -0.2) is 13.4 Å². The Morgan fingerprint density at radius 3 is 2.55 bits per heavy atom. The minimum absolute atomic E-state index is 0. The average Bonchev–Trinajstić information content (AvgIpc) is 2.81. The van der Waals surface area contributed by atoms with Gasteiger partial charge in [-0.1, -0.05) is 34.5 Å². The van der Waals surface area contributed by atoms with Crippen molar-refractivity contribution in [1.82, 2.24) is 4.98 Å². The number of anilines is 1. The minimum Gasteiger partial charge on any atom is -0.295 e. The van der Waals surface area contributed by atoms with Gasteiger partial charge in [-0.15, -0.1) is 6.07 Å². The van der Waals surface area contributed by atoms with Crippen molar-refractivity contribution in [3.05, 3.63) is 54.7 Å². The topological polar surface area (TPSA) is 59.1 Å².